The van der Waals surface area contributed by atoms with Crippen LogP contribution in [0, 0.1) is 6.92 Å². The molecule has 3 rings (SSSR count). The minimum Gasteiger partial charge on any atom is -0.398 e. The largest absolute Gasteiger partial charge is 0.398 e. The van der Waals surface area contributed by atoms with Crippen LogP contribution < -0.4 is 5.73 Å². The van der Waals surface area contributed by atoms with E-state index in [9.17, 15) is 4.79 Å². The summed E-state index contributed by atoms with van der Waals surface area (Å²) >= 11 is 1.51. The third kappa shape index (κ3) is 2.24. The van der Waals surface area contributed by atoms with Crippen molar-refractivity contribution in [3.63, 3.8) is 0 Å². The first-order valence-corrected chi connectivity index (χ1v) is 7.36. The molecule has 2 heterocycles. The van der Waals surface area contributed by atoms with Crippen LogP contribution in [0.15, 0.2) is 6.07 Å². The molecule has 4 nitrogen and oxygen atoms in total. The van der Waals surface area contributed by atoms with Crippen molar-refractivity contribution in [1.82, 2.24) is 9.80 Å². The van der Waals surface area contributed by atoms with Gasteiger partial charge < -0.3 is 10.6 Å². The smallest absolute Gasteiger partial charge is 0.264 e. The Labute approximate surface area is 111 Å². The van der Waals surface area contributed by atoms with Gasteiger partial charge in [-0.15, -0.1) is 11.3 Å². The fourth-order valence-corrected chi connectivity index (χ4v) is 3.40. The molecule has 2 N–H and O–H groups in total. The molecule has 1 aromatic rings. The molecule has 98 valence electrons. The summed E-state index contributed by atoms with van der Waals surface area (Å²) in [6.07, 6.45) is 2.68. The summed E-state index contributed by atoms with van der Waals surface area (Å²) in [6, 6.07) is 2.62. The maximum atomic E-state index is 12.3. The predicted molar refractivity (Wildman–Crippen MR) is 74.0 cm³/mol. The summed E-state index contributed by atoms with van der Waals surface area (Å²) < 4.78 is 0. The molecule has 1 aliphatic heterocycles. The number of rotatable bonds is 2. The second-order valence-corrected chi connectivity index (χ2v) is 6.44. The lowest BCUT2D eigenvalue weighted by Gasteiger charge is -2.34. The van der Waals surface area contributed by atoms with Gasteiger partial charge in [-0.05, 0) is 25.8 Å². The van der Waals surface area contributed by atoms with Crippen molar-refractivity contribution in [2.75, 3.05) is 31.9 Å². The first-order chi connectivity index (χ1) is 8.65. The molecule has 5 heteroatoms. The molecule has 0 spiro atoms. The molecule has 1 aliphatic carbocycles. The van der Waals surface area contributed by atoms with Crippen molar-refractivity contribution in [1.29, 1.82) is 0 Å². The molecule has 1 aromatic heterocycles. The summed E-state index contributed by atoms with van der Waals surface area (Å²) in [5.74, 6) is 0.148. The molecule has 1 amide bonds. The van der Waals surface area contributed by atoms with Crippen LogP contribution in [-0.4, -0.2) is 47.9 Å². The summed E-state index contributed by atoms with van der Waals surface area (Å²) in [4.78, 5) is 18.6. The number of hydrogen-bond donors (Lipinski definition) is 1. The summed E-state index contributed by atoms with van der Waals surface area (Å²) in [5.41, 5.74) is 6.55. The van der Waals surface area contributed by atoms with E-state index in [0.29, 0.717) is 0 Å². The Balaban J connectivity index is 1.63. The Morgan fingerprint density at radius 3 is 2.50 bits per heavy atom. The molecule has 0 atom stereocenters. The Kier molecular flexibility index (Phi) is 3.03. The van der Waals surface area contributed by atoms with Crippen molar-refractivity contribution in [2.24, 2.45) is 0 Å². The number of aryl methyl sites for hydroxylation is 1. The van der Waals surface area contributed by atoms with Gasteiger partial charge in [-0.1, -0.05) is 0 Å². The molecular weight excluding hydrogens is 246 g/mol. The zero-order chi connectivity index (χ0) is 12.7. The third-order valence-electron chi connectivity index (χ3n) is 3.83. The van der Waals surface area contributed by atoms with E-state index in [0.717, 1.165) is 47.7 Å². The average Bonchev–Trinajstić information content (AvgIpc) is 3.16. The lowest BCUT2D eigenvalue weighted by Crippen LogP contribution is -2.49. The Morgan fingerprint density at radius 2 is 2.00 bits per heavy atom. The number of carbonyl (C=O) groups excluding carboxylic acids is 1. The Hall–Kier alpha value is -1.07. The lowest BCUT2D eigenvalue weighted by atomic mass is 10.2. The van der Waals surface area contributed by atoms with E-state index < -0.39 is 0 Å². The topological polar surface area (TPSA) is 49.6 Å². The fourth-order valence-electron chi connectivity index (χ4n) is 2.49. The normalized spacial score (nSPS) is 21.3. The van der Waals surface area contributed by atoms with Crippen LogP contribution in [0.4, 0.5) is 5.69 Å². The number of carbonyl (C=O) groups is 1. The van der Waals surface area contributed by atoms with Gasteiger partial charge in [0.1, 0.15) is 0 Å². The van der Waals surface area contributed by atoms with Crippen LogP contribution in [0.3, 0.4) is 0 Å². The van der Waals surface area contributed by atoms with Gasteiger partial charge in [0.15, 0.2) is 0 Å². The van der Waals surface area contributed by atoms with Gasteiger partial charge in [0.05, 0.1) is 4.88 Å². The highest BCUT2D eigenvalue weighted by Gasteiger charge is 2.32. The first kappa shape index (κ1) is 12.0. The van der Waals surface area contributed by atoms with Crippen LogP contribution in [-0.2, 0) is 0 Å². The summed E-state index contributed by atoms with van der Waals surface area (Å²) in [7, 11) is 0. The summed E-state index contributed by atoms with van der Waals surface area (Å²) in [5, 5.41) is 0. The highest BCUT2D eigenvalue weighted by molar-refractivity contribution is 7.14. The molecule has 18 heavy (non-hydrogen) atoms. The Bertz CT molecular complexity index is 439. The van der Waals surface area contributed by atoms with E-state index in [-0.39, 0.29) is 5.91 Å². The second kappa shape index (κ2) is 4.55. The molecule has 2 aliphatic rings. The molecule has 0 bridgehead atoms. The van der Waals surface area contributed by atoms with Crippen molar-refractivity contribution < 1.29 is 4.79 Å². The van der Waals surface area contributed by atoms with Gasteiger partial charge in [-0.2, -0.15) is 0 Å². The molecule has 1 saturated carbocycles. The van der Waals surface area contributed by atoms with Crippen LogP contribution in [0.2, 0.25) is 0 Å². The van der Waals surface area contributed by atoms with Crippen molar-refractivity contribution >= 4 is 22.9 Å². The summed E-state index contributed by atoms with van der Waals surface area (Å²) in [6.45, 7) is 5.71. The van der Waals surface area contributed by atoms with E-state index in [1.165, 1.54) is 24.2 Å². The van der Waals surface area contributed by atoms with Crippen LogP contribution in [0.1, 0.15) is 27.4 Å². The molecular formula is C13H19N3OS. The van der Waals surface area contributed by atoms with Gasteiger partial charge in [-0.3, -0.25) is 9.69 Å². The van der Waals surface area contributed by atoms with Gasteiger partial charge >= 0.3 is 0 Å². The second-order valence-electron chi connectivity index (χ2n) is 5.18. The van der Waals surface area contributed by atoms with Gasteiger partial charge in [0.2, 0.25) is 0 Å². The molecule has 0 aromatic carbocycles. The van der Waals surface area contributed by atoms with Crippen LogP contribution >= 0.6 is 11.3 Å². The van der Waals surface area contributed by atoms with Crippen molar-refractivity contribution in [2.45, 2.75) is 25.8 Å². The highest BCUT2D eigenvalue weighted by Crippen LogP contribution is 2.28. The molecule has 2 fully saturated rings. The monoisotopic (exact) mass is 265 g/mol. The number of amides is 1. The number of thiophene rings is 1. The van der Waals surface area contributed by atoms with Crippen LogP contribution in [0.25, 0.3) is 0 Å². The SMILES string of the molecule is Cc1sc(C(=O)N2CCN(C3CC3)CC2)cc1N. The highest BCUT2D eigenvalue weighted by atomic mass is 32.1. The number of piperazine rings is 1. The Morgan fingerprint density at radius 1 is 1.33 bits per heavy atom. The minimum atomic E-state index is 0.148. The van der Waals surface area contributed by atoms with E-state index in [1.54, 1.807) is 0 Å². The maximum absolute atomic E-state index is 12.3. The molecule has 1 saturated heterocycles. The van der Waals surface area contributed by atoms with Crippen molar-refractivity contribution in [3.8, 4) is 0 Å². The van der Waals surface area contributed by atoms with E-state index in [4.69, 9.17) is 5.73 Å². The van der Waals surface area contributed by atoms with E-state index in [1.807, 2.05) is 17.9 Å². The fraction of sp³-hybridized carbons (Fsp3) is 0.615. The number of hydrogen-bond acceptors (Lipinski definition) is 4. The van der Waals surface area contributed by atoms with E-state index >= 15 is 0 Å². The standard InChI is InChI=1S/C13H19N3OS/c1-9-11(14)8-12(18-9)13(17)16-6-4-15(5-7-16)10-2-3-10/h8,10H,2-7,14H2,1H3. The number of anilines is 1. The van der Waals surface area contributed by atoms with Gasteiger partial charge in [0.25, 0.3) is 5.91 Å². The molecule has 0 unspecified atom stereocenters. The van der Waals surface area contributed by atoms with Gasteiger partial charge in [0, 0.05) is 42.8 Å². The van der Waals surface area contributed by atoms with E-state index in [2.05, 4.69) is 4.90 Å². The quantitative estimate of drug-likeness (QED) is 0.883. The third-order valence-corrected chi connectivity index (χ3v) is 4.89. The van der Waals surface area contributed by atoms with Gasteiger partial charge in [-0.25, -0.2) is 0 Å². The minimum absolute atomic E-state index is 0.148. The first-order valence-electron chi connectivity index (χ1n) is 6.54. The predicted octanol–water partition coefficient (Wildman–Crippen LogP) is 1.56. The lowest BCUT2D eigenvalue weighted by molar-refractivity contribution is 0.0632. The van der Waals surface area contributed by atoms with Crippen molar-refractivity contribution in [3.05, 3.63) is 15.8 Å². The zero-order valence-electron chi connectivity index (χ0n) is 10.7. The van der Waals surface area contributed by atoms with Crippen LogP contribution in [0.5, 0.6) is 0 Å². The number of nitrogens with two attached hydrogens (primary N) is 1. The maximum Gasteiger partial charge on any atom is 0.264 e. The molecule has 0 radical (unpaired) electrons. The zero-order valence-corrected chi connectivity index (χ0v) is 11.5. The average molecular weight is 265 g/mol. The number of nitrogen functional groups attached to an aromatic ring is 1. The number of nitrogens with zero attached hydrogens (tertiary/aromatic N) is 2.